The van der Waals surface area contributed by atoms with E-state index < -0.39 is 11.4 Å². The zero-order valence-electron chi connectivity index (χ0n) is 12.8. The van der Waals surface area contributed by atoms with Gasteiger partial charge in [-0.3, -0.25) is 14.4 Å². The lowest BCUT2D eigenvalue weighted by Gasteiger charge is -2.40. The average Bonchev–Trinajstić information content (AvgIpc) is 2.46. The van der Waals surface area contributed by atoms with Crippen molar-refractivity contribution >= 4 is 17.8 Å². The lowest BCUT2D eigenvalue weighted by Crippen LogP contribution is -2.52. The molecule has 2 aliphatic rings. The standard InChI is InChI=1S/C15H24N2O4/c1-11(18)16-7-3-5-12(9-16)13(19)17-8-4-6-15(2,10-17)14(20)21/h12H,3-10H2,1-2H3,(H,20,21). The van der Waals surface area contributed by atoms with Crippen molar-refractivity contribution in [3.8, 4) is 0 Å². The Morgan fingerprint density at radius 1 is 1.14 bits per heavy atom. The number of carbonyl (C=O) groups is 3. The normalized spacial score (nSPS) is 30.1. The predicted octanol–water partition coefficient (Wildman–Crippen LogP) is 0.958. The number of likely N-dealkylation sites (tertiary alicyclic amines) is 2. The van der Waals surface area contributed by atoms with Gasteiger partial charge >= 0.3 is 5.97 Å². The number of nitrogens with zero attached hydrogens (tertiary/aromatic N) is 2. The topological polar surface area (TPSA) is 77.9 Å². The van der Waals surface area contributed by atoms with Crippen molar-refractivity contribution in [3.05, 3.63) is 0 Å². The quantitative estimate of drug-likeness (QED) is 0.823. The fraction of sp³-hybridized carbons (Fsp3) is 0.800. The third kappa shape index (κ3) is 3.36. The zero-order valence-corrected chi connectivity index (χ0v) is 12.8. The largest absolute Gasteiger partial charge is 0.481 e. The maximum Gasteiger partial charge on any atom is 0.311 e. The first-order valence-corrected chi connectivity index (χ1v) is 7.61. The first kappa shape index (κ1) is 15.8. The van der Waals surface area contributed by atoms with Gasteiger partial charge in [-0.1, -0.05) is 0 Å². The fourth-order valence-corrected chi connectivity index (χ4v) is 3.33. The maximum absolute atomic E-state index is 12.6. The summed E-state index contributed by atoms with van der Waals surface area (Å²) in [7, 11) is 0. The molecule has 1 N–H and O–H groups in total. The van der Waals surface area contributed by atoms with Gasteiger partial charge in [0.25, 0.3) is 0 Å². The number of piperidine rings is 2. The Hall–Kier alpha value is -1.59. The van der Waals surface area contributed by atoms with Gasteiger partial charge in [-0.05, 0) is 32.6 Å². The first-order valence-electron chi connectivity index (χ1n) is 7.61. The van der Waals surface area contributed by atoms with Gasteiger partial charge < -0.3 is 14.9 Å². The molecule has 2 rings (SSSR count). The van der Waals surface area contributed by atoms with Crippen LogP contribution in [0.15, 0.2) is 0 Å². The highest BCUT2D eigenvalue weighted by Gasteiger charge is 2.41. The maximum atomic E-state index is 12.6. The summed E-state index contributed by atoms with van der Waals surface area (Å²) in [5, 5.41) is 9.33. The summed E-state index contributed by atoms with van der Waals surface area (Å²) in [5.74, 6) is -1.01. The van der Waals surface area contributed by atoms with E-state index in [1.807, 2.05) is 0 Å². The minimum absolute atomic E-state index is 0.00141. The van der Waals surface area contributed by atoms with E-state index in [1.54, 1.807) is 16.7 Å². The van der Waals surface area contributed by atoms with Crippen LogP contribution in [-0.4, -0.2) is 58.9 Å². The van der Waals surface area contributed by atoms with E-state index in [0.29, 0.717) is 26.1 Å². The Morgan fingerprint density at radius 2 is 1.81 bits per heavy atom. The number of aliphatic carboxylic acids is 1. The van der Waals surface area contributed by atoms with Gasteiger partial charge in [0.1, 0.15) is 0 Å². The molecule has 21 heavy (non-hydrogen) atoms. The van der Waals surface area contributed by atoms with Crippen LogP contribution < -0.4 is 0 Å². The van der Waals surface area contributed by atoms with Gasteiger partial charge in [0.15, 0.2) is 0 Å². The minimum atomic E-state index is -0.844. The van der Waals surface area contributed by atoms with Crippen molar-refractivity contribution in [2.24, 2.45) is 11.3 Å². The Balaban J connectivity index is 2.02. The molecule has 2 amide bonds. The molecule has 2 fully saturated rings. The molecule has 0 aromatic carbocycles. The molecule has 0 radical (unpaired) electrons. The second-order valence-corrected chi connectivity index (χ2v) is 6.53. The van der Waals surface area contributed by atoms with Gasteiger partial charge in [-0.15, -0.1) is 0 Å². The number of carboxylic acids is 1. The molecular formula is C15H24N2O4. The Morgan fingerprint density at radius 3 is 2.43 bits per heavy atom. The summed E-state index contributed by atoms with van der Waals surface area (Å²) in [6, 6.07) is 0. The van der Waals surface area contributed by atoms with E-state index in [1.165, 1.54) is 6.92 Å². The third-order valence-corrected chi connectivity index (χ3v) is 4.74. The lowest BCUT2D eigenvalue weighted by atomic mass is 9.81. The van der Waals surface area contributed by atoms with E-state index >= 15 is 0 Å². The van der Waals surface area contributed by atoms with E-state index in [2.05, 4.69) is 0 Å². The van der Waals surface area contributed by atoms with E-state index in [9.17, 15) is 19.5 Å². The van der Waals surface area contributed by atoms with E-state index in [4.69, 9.17) is 0 Å². The summed E-state index contributed by atoms with van der Waals surface area (Å²) in [4.78, 5) is 38.9. The van der Waals surface area contributed by atoms with Crippen LogP contribution in [-0.2, 0) is 14.4 Å². The number of carbonyl (C=O) groups excluding carboxylic acids is 2. The summed E-state index contributed by atoms with van der Waals surface area (Å²) in [6.07, 6.45) is 2.94. The molecule has 0 aromatic rings. The second kappa shape index (κ2) is 6.03. The number of hydrogen-bond donors (Lipinski definition) is 1. The third-order valence-electron chi connectivity index (χ3n) is 4.74. The molecule has 0 aromatic heterocycles. The second-order valence-electron chi connectivity index (χ2n) is 6.53. The Bertz CT molecular complexity index is 451. The number of amides is 2. The van der Waals surface area contributed by atoms with Crippen LogP contribution in [0.4, 0.5) is 0 Å². The van der Waals surface area contributed by atoms with Crippen LogP contribution in [0.2, 0.25) is 0 Å². The summed E-state index contributed by atoms with van der Waals surface area (Å²) in [6.45, 7) is 5.31. The van der Waals surface area contributed by atoms with Gasteiger partial charge in [-0.25, -0.2) is 0 Å². The SMILES string of the molecule is CC(=O)N1CCCC(C(=O)N2CCCC(C)(C(=O)O)C2)C1. The van der Waals surface area contributed by atoms with Gasteiger partial charge in [0.05, 0.1) is 11.3 Å². The van der Waals surface area contributed by atoms with Crippen molar-refractivity contribution in [2.45, 2.75) is 39.5 Å². The molecule has 2 atom stereocenters. The van der Waals surface area contributed by atoms with Crippen LogP contribution in [0.3, 0.4) is 0 Å². The van der Waals surface area contributed by atoms with Crippen molar-refractivity contribution in [3.63, 3.8) is 0 Å². The van der Waals surface area contributed by atoms with Crippen LogP contribution in [0.5, 0.6) is 0 Å². The molecule has 2 saturated heterocycles. The molecular weight excluding hydrogens is 272 g/mol. The van der Waals surface area contributed by atoms with Crippen LogP contribution in [0.25, 0.3) is 0 Å². The van der Waals surface area contributed by atoms with Gasteiger partial charge in [0, 0.05) is 33.1 Å². The molecule has 0 aliphatic carbocycles. The van der Waals surface area contributed by atoms with Crippen molar-refractivity contribution < 1.29 is 19.5 Å². The molecule has 2 heterocycles. The summed E-state index contributed by atoms with van der Waals surface area (Å²) >= 11 is 0. The minimum Gasteiger partial charge on any atom is -0.481 e. The molecule has 6 nitrogen and oxygen atoms in total. The average molecular weight is 296 g/mol. The molecule has 0 spiro atoms. The molecule has 2 aliphatic heterocycles. The number of rotatable bonds is 2. The van der Waals surface area contributed by atoms with Crippen molar-refractivity contribution in [1.82, 2.24) is 9.80 Å². The molecule has 2 unspecified atom stereocenters. The molecule has 0 bridgehead atoms. The van der Waals surface area contributed by atoms with E-state index in [0.717, 1.165) is 19.3 Å². The lowest BCUT2D eigenvalue weighted by molar-refractivity contribution is -0.155. The smallest absolute Gasteiger partial charge is 0.311 e. The Kier molecular flexibility index (Phi) is 4.54. The summed E-state index contributed by atoms with van der Waals surface area (Å²) < 4.78 is 0. The number of hydrogen-bond acceptors (Lipinski definition) is 3. The number of carboxylic acid groups (broad SMARTS) is 1. The molecule has 0 saturated carbocycles. The van der Waals surface area contributed by atoms with Crippen molar-refractivity contribution in [1.29, 1.82) is 0 Å². The first-order chi connectivity index (χ1) is 9.83. The monoisotopic (exact) mass is 296 g/mol. The highest BCUT2D eigenvalue weighted by Crippen LogP contribution is 2.31. The molecule has 6 heteroatoms. The molecule has 118 valence electrons. The summed E-state index contributed by atoms with van der Waals surface area (Å²) in [5.41, 5.74) is -0.844. The zero-order chi connectivity index (χ0) is 15.6. The highest BCUT2D eigenvalue weighted by molar-refractivity contribution is 5.82. The predicted molar refractivity (Wildman–Crippen MR) is 76.5 cm³/mol. The van der Waals surface area contributed by atoms with Crippen LogP contribution >= 0.6 is 0 Å². The highest BCUT2D eigenvalue weighted by atomic mass is 16.4. The van der Waals surface area contributed by atoms with Crippen molar-refractivity contribution in [2.75, 3.05) is 26.2 Å². The Labute approximate surface area is 125 Å². The van der Waals surface area contributed by atoms with Gasteiger partial charge in [0.2, 0.25) is 11.8 Å². The fourth-order valence-electron chi connectivity index (χ4n) is 3.33. The van der Waals surface area contributed by atoms with Gasteiger partial charge in [-0.2, -0.15) is 0 Å². The van der Waals surface area contributed by atoms with Crippen LogP contribution in [0.1, 0.15) is 39.5 Å². The van der Waals surface area contributed by atoms with E-state index in [-0.39, 0.29) is 24.3 Å². The van der Waals surface area contributed by atoms with Crippen LogP contribution in [0, 0.1) is 11.3 Å².